The standard InChI is InChI=1S/C20H14FN3O3S/c1-27-15-4-2-3-13(9-15)11-17-19(26)24-20(28-17)22-18(25)16(23-24)10-12-5-7-14(21)8-6-12/h2-9,11H,10H2,1H3. The van der Waals surface area contributed by atoms with E-state index in [1.807, 2.05) is 18.2 Å². The average Bonchev–Trinajstić information content (AvgIpc) is 2.98. The molecule has 0 amide bonds. The fraction of sp³-hybridized carbons (Fsp3) is 0.100. The number of ether oxygens (including phenoxy) is 1. The minimum absolute atomic E-state index is 0.131. The molecule has 0 atom stereocenters. The molecule has 4 rings (SSSR count). The predicted molar refractivity (Wildman–Crippen MR) is 104 cm³/mol. The van der Waals surface area contributed by atoms with Crippen molar-refractivity contribution in [3.8, 4) is 5.75 Å². The van der Waals surface area contributed by atoms with Crippen molar-refractivity contribution in [3.05, 3.63) is 96.4 Å². The molecule has 0 bridgehead atoms. The molecule has 0 unspecified atom stereocenters. The molecule has 0 fully saturated rings. The molecule has 0 aliphatic carbocycles. The topological polar surface area (TPSA) is 73.6 Å². The fourth-order valence-electron chi connectivity index (χ4n) is 2.73. The maximum Gasteiger partial charge on any atom is 0.296 e. The Bertz CT molecular complexity index is 1330. The van der Waals surface area contributed by atoms with Gasteiger partial charge in [-0.15, -0.1) is 0 Å². The maximum absolute atomic E-state index is 13.1. The van der Waals surface area contributed by atoms with Crippen molar-refractivity contribution < 1.29 is 9.13 Å². The summed E-state index contributed by atoms with van der Waals surface area (Å²) in [5.41, 5.74) is 0.775. The van der Waals surface area contributed by atoms with E-state index in [1.54, 1.807) is 31.4 Å². The van der Waals surface area contributed by atoms with Crippen LogP contribution >= 0.6 is 11.3 Å². The summed E-state index contributed by atoms with van der Waals surface area (Å²) >= 11 is 1.09. The van der Waals surface area contributed by atoms with Gasteiger partial charge in [0, 0.05) is 6.42 Å². The van der Waals surface area contributed by atoms with Gasteiger partial charge in [-0.1, -0.05) is 35.6 Å². The Labute approximate surface area is 162 Å². The molecular weight excluding hydrogens is 381 g/mol. The summed E-state index contributed by atoms with van der Waals surface area (Å²) in [5.74, 6) is 0.314. The van der Waals surface area contributed by atoms with Gasteiger partial charge in [-0.25, -0.2) is 4.39 Å². The van der Waals surface area contributed by atoms with Crippen LogP contribution in [0.2, 0.25) is 0 Å². The number of aromatic nitrogens is 3. The van der Waals surface area contributed by atoms with E-state index in [0.29, 0.717) is 15.8 Å². The van der Waals surface area contributed by atoms with Crippen LogP contribution in [-0.2, 0) is 6.42 Å². The first-order chi connectivity index (χ1) is 13.5. The van der Waals surface area contributed by atoms with Crippen LogP contribution in [0, 0.1) is 5.82 Å². The lowest BCUT2D eigenvalue weighted by Gasteiger charge is -2.00. The summed E-state index contributed by atoms with van der Waals surface area (Å²) in [6, 6.07) is 13.0. The van der Waals surface area contributed by atoms with Gasteiger partial charge in [-0.2, -0.15) is 14.6 Å². The van der Waals surface area contributed by atoms with Gasteiger partial charge in [0.15, 0.2) is 0 Å². The van der Waals surface area contributed by atoms with Crippen molar-refractivity contribution in [1.29, 1.82) is 0 Å². The third-order valence-corrected chi connectivity index (χ3v) is 5.09. The first kappa shape index (κ1) is 18.0. The van der Waals surface area contributed by atoms with E-state index in [2.05, 4.69) is 10.1 Å². The Morgan fingerprint density at radius 3 is 2.71 bits per heavy atom. The molecule has 28 heavy (non-hydrogen) atoms. The minimum Gasteiger partial charge on any atom is -0.497 e. The lowest BCUT2D eigenvalue weighted by molar-refractivity contribution is 0.414. The fourth-order valence-corrected chi connectivity index (χ4v) is 3.63. The largest absolute Gasteiger partial charge is 0.497 e. The summed E-state index contributed by atoms with van der Waals surface area (Å²) in [4.78, 5) is 29.2. The van der Waals surface area contributed by atoms with Crippen LogP contribution in [0.15, 0.2) is 58.1 Å². The van der Waals surface area contributed by atoms with E-state index in [4.69, 9.17) is 4.74 Å². The predicted octanol–water partition coefficient (Wildman–Crippen LogP) is 1.80. The summed E-state index contributed by atoms with van der Waals surface area (Å²) in [7, 11) is 1.57. The van der Waals surface area contributed by atoms with Gasteiger partial charge in [-0.05, 0) is 41.5 Å². The monoisotopic (exact) mass is 395 g/mol. The number of rotatable bonds is 4. The second-order valence-electron chi connectivity index (χ2n) is 6.05. The van der Waals surface area contributed by atoms with Crippen molar-refractivity contribution in [2.45, 2.75) is 6.42 Å². The summed E-state index contributed by atoms with van der Waals surface area (Å²) in [5, 5.41) is 4.19. The number of hydrogen-bond acceptors (Lipinski definition) is 6. The van der Waals surface area contributed by atoms with Crippen molar-refractivity contribution in [3.63, 3.8) is 0 Å². The van der Waals surface area contributed by atoms with Gasteiger partial charge in [0.25, 0.3) is 11.1 Å². The lowest BCUT2D eigenvalue weighted by Crippen LogP contribution is -2.28. The second kappa shape index (κ2) is 7.32. The Balaban J connectivity index is 1.78. The van der Waals surface area contributed by atoms with E-state index in [1.165, 1.54) is 12.1 Å². The zero-order valence-electron chi connectivity index (χ0n) is 14.8. The van der Waals surface area contributed by atoms with Crippen LogP contribution in [0.25, 0.3) is 11.0 Å². The highest BCUT2D eigenvalue weighted by molar-refractivity contribution is 7.15. The number of hydrogen-bond donors (Lipinski definition) is 0. The van der Waals surface area contributed by atoms with Crippen molar-refractivity contribution >= 4 is 22.4 Å². The third-order valence-electron chi connectivity index (χ3n) is 4.13. The van der Waals surface area contributed by atoms with Gasteiger partial charge in [0.2, 0.25) is 4.96 Å². The molecule has 0 radical (unpaired) electrons. The molecule has 0 aliphatic heterocycles. The van der Waals surface area contributed by atoms with E-state index in [-0.39, 0.29) is 28.5 Å². The molecule has 2 aromatic heterocycles. The van der Waals surface area contributed by atoms with Gasteiger partial charge in [0.05, 0.1) is 11.6 Å². The molecule has 6 nitrogen and oxygen atoms in total. The van der Waals surface area contributed by atoms with Crippen LogP contribution in [0.4, 0.5) is 4.39 Å². The van der Waals surface area contributed by atoms with Gasteiger partial charge < -0.3 is 4.74 Å². The first-order valence-electron chi connectivity index (χ1n) is 8.36. The highest BCUT2D eigenvalue weighted by atomic mass is 32.1. The number of halogens is 1. The third kappa shape index (κ3) is 3.54. The van der Waals surface area contributed by atoms with Crippen LogP contribution in [-0.4, -0.2) is 21.7 Å². The number of fused-ring (bicyclic) bond motifs is 1. The number of nitrogens with zero attached hydrogens (tertiary/aromatic N) is 3. The zero-order valence-corrected chi connectivity index (χ0v) is 15.6. The summed E-state index contributed by atoms with van der Waals surface area (Å²) < 4.78 is 19.8. The van der Waals surface area contributed by atoms with Crippen molar-refractivity contribution in [2.24, 2.45) is 0 Å². The van der Waals surface area contributed by atoms with Crippen LogP contribution in [0.3, 0.4) is 0 Å². The van der Waals surface area contributed by atoms with Crippen LogP contribution in [0.5, 0.6) is 5.75 Å². The Hall–Kier alpha value is -3.39. The molecule has 2 heterocycles. The molecule has 4 aromatic rings. The summed E-state index contributed by atoms with van der Waals surface area (Å²) in [6.45, 7) is 0. The minimum atomic E-state index is -0.501. The Morgan fingerprint density at radius 2 is 1.96 bits per heavy atom. The maximum atomic E-state index is 13.1. The number of benzene rings is 2. The molecule has 8 heteroatoms. The number of thiazole rings is 1. The zero-order chi connectivity index (χ0) is 19.7. The molecule has 140 valence electrons. The molecule has 0 aliphatic rings. The van der Waals surface area contributed by atoms with E-state index in [9.17, 15) is 14.0 Å². The molecule has 2 aromatic carbocycles. The average molecular weight is 395 g/mol. The Kier molecular flexibility index (Phi) is 4.70. The smallest absolute Gasteiger partial charge is 0.296 e. The lowest BCUT2D eigenvalue weighted by atomic mass is 10.1. The normalized spacial score (nSPS) is 11.9. The molecular formula is C20H14FN3O3S. The highest BCUT2D eigenvalue weighted by Crippen LogP contribution is 2.13. The first-order valence-corrected chi connectivity index (χ1v) is 9.18. The molecule has 0 saturated carbocycles. The van der Waals surface area contributed by atoms with E-state index in [0.717, 1.165) is 21.4 Å². The van der Waals surface area contributed by atoms with Gasteiger partial charge in [0.1, 0.15) is 17.3 Å². The quantitative estimate of drug-likeness (QED) is 0.527. The van der Waals surface area contributed by atoms with E-state index >= 15 is 0 Å². The van der Waals surface area contributed by atoms with Crippen LogP contribution < -0.4 is 20.4 Å². The highest BCUT2D eigenvalue weighted by Gasteiger charge is 2.12. The molecule has 0 spiro atoms. The summed E-state index contributed by atoms with van der Waals surface area (Å²) in [6.07, 6.45) is 1.87. The second-order valence-corrected chi connectivity index (χ2v) is 7.06. The van der Waals surface area contributed by atoms with Crippen molar-refractivity contribution in [2.75, 3.05) is 7.11 Å². The van der Waals surface area contributed by atoms with Crippen LogP contribution in [0.1, 0.15) is 16.8 Å². The van der Waals surface area contributed by atoms with E-state index < -0.39 is 5.56 Å². The number of methoxy groups -OCH3 is 1. The van der Waals surface area contributed by atoms with Gasteiger partial charge in [-0.3, -0.25) is 9.59 Å². The Morgan fingerprint density at radius 1 is 1.18 bits per heavy atom. The SMILES string of the molecule is COc1cccc(C=c2sc3nc(=O)c(Cc4ccc(F)cc4)nn3c2=O)c1. The molecule has 0 saturated heterocycles. The van der Waals surface area contributed by atoms with Gasteiger partial charge >= 0.3 is 0 Å². The molecule has 0 N–H and O–H groups in total. The van der Waals surface area contributed by atoms with Crippen molar-refractivity contribution in [1.82, 2.24) is 14.6 Å².